The molecule has 6 nitrogen and oxygen atoms in total. The maximum absolute atomic E-state index is 11.2. The summed E-state index contributed by atoms with van der Waals surface area (Å²) in [7, 11) is 0. The molecule has 0 radical (unpaired) electrons. The third-order valence-electron chi connectivity index (χ3n) is 6.45. The number of rotatable bonds is 21. The normalized spacial score (nSPS) is 11.9. The molecule has 0 saturated carbocycles. The van der Waals surface area contributed by atoms with Crippen molar-refractivity contribution in [3.8, 4) is 0 Å². The van der Waals surface area contributed by atoms with Crippen LogP contribution in [0.1, 0.15) is 136 Å². The van der Waals surface area contributed by atoms with Gasteiger partial charge in [-0.25, -0.2) is 9.59 Å². The highest BCUT2D eigenvalue weighted by Gasteiger charge is 2.16. The van der Waals surface area contributed by atoms with Crippen LogP contribution in [0.2, 0.25) is 0 Å². The molecule has 1 aliphatic rings. The molecule has 230 valence electrons. The summed E-state index contributed by atoms with van der Waals surface area (Å²) in [6, 6.07) is 0. The van der Waals surface area contributed by atoms with E-state index in [1.54, 1.807) is 24.9 Å². The number of hydrogen-bond acceptors (Lipinski definition) is 5. The number of ether oxygens (including phenoxy) is 2. The lowest BCUT2D eigenvalue weighted by Gasteiger charge is -2.05. The molecule has 1 amide bonds. The van der Waals surface area contributed by atoms with Crippen molar-refractivity contribution in [2.75, 3.05) is 13.2 Å². The van der Waals surface area contributed by atoms with E-state index in [1.165, 1.54) is 96.3 Å². The molecule has 0 aliphatic carbocycles. The predicted molar refractivity (Wildman–Crippen MR) is 168 cm³/mol. The first-order valence-electron chi connectivity index (χ1n) is 15.4. The van der Waals surface area contributed by atoms with Crippen molar-refractivity contribution in [3.63, 3.8) is 0 Å². The molecule has 1 aliphatic heterocycles. The first kappa shape index (κ1) is 39.5. The van der Waals surface area contributed by atoms with Crippen LogP contribution in [-0.4, -0.2) is 35.9 Å². The molecule has 1 rings (SSSR count). The predicted octanol–water partition coefficient (Wildman–Crippen LogP) is 9.37. The number of likely N-dealkylation sites (tertiary alicyclic amines) is 1. The fourth-order valence-corrected chi connectivity index (χ4v) is 3.98. The summed E-state index contributed by atoms with van der Waals surface area (Å²) < 4.78 is 9.41. The standard InChI is InChI=1S/C22H42O2.C6H9NO.C6H8O2/c1-4-5-6-7-8-9-10-11-12-13-14-15-16-17-18-19-20-24-22(23)21(2)3;1-2-7-5-3-4-6(7)8;1-4-8-6(7)5(2)3/h2,4-20H2,1,3H3;2H,1,3-5H2;4H,1-2H2,3H3. The average Bonchev–Trinajstić information content (AvgIpc) is 3.35. The number of nitrogens with zero attached hydrogens (tertiary/aromatic N) is 1. The zero-order valence-corrected chi connectivity index (χ0v) is 26.1. The van der Waals surface area contributed by atoms with Gasteiger partial charge in [0.1, 0.15) is 0 Å². The molecule has 0 aromatic carbocycles. The van der Waals surface area contributed by atoms with Crippen LogP contribution in [0.4, 0.5) is 0 Å². The largest absolute Gasteiger partial charge is 0.462 e. The molecule has 6 heteroatoms. The summed E-state index contributed by atoms with van der Waals surface area (Å²) in [5, 5.41) is 0. The molecule has 0 bridgehead atoms. The van der Waals surface area contributed by atoms with Crippen molar-refractivity contribution < 1.29 is 23.9 Å². The SMILES string of the molecule is C=C(C)C(=O)OCCCCCCCCCCCCCCCCCC.C=CN1CCCC1=O.C=COC(=O)C(=C)C. The first-order valence-corrected chi connectivity index (χ1v) is 15.4. The molecule has 0 atom stereocenters. The molecule has 0 aromatic heterocycles. The topological polar surface area (TPSA) is 72.9 Å². The third kappa shape index (κ3) is 27.0. The van der Waals surface area contributed by atoms with Gasteiger partial charge in [0.05, 0.1) is 12.9 Å². The van der Waals surface area contributed by atoms with Crippen molar-refractivity contribution in [3.05, 3.63) is 49.9 Å². The van der Waals surface area contributed by atoms with E-state index >= 15 is 0 Å². The summed E-state index contributed by atoms with van der Waals surface area (Å²) in [5.41, 5.74) is 0.872. The minimum absolute atomic E-state index is 0.208. The Hall–Kier alpha value is -2.63. The Labute approximate surface area is 246 Å². The van der Waals surface area contributed by atoms with E-state index in [9.17, 15) is 14.4 Å². The smallest absolute Gasteiger partial charge is 0.337 e. The lowest BCUT2D eigenvalue weighted by Crippen LogP contribution is -2.16. The molecule has 1 fully saturated rings. The van der Waals surface area contributed by atoms with Gasteiger partial charge >= 0.3 is 11.9 Å². The van der Waals surface area contributed by atoms with Crippen molar-refractivity contribution in [1.29, 1.82) is 0 Å². The van der Waals surface area contributed by atoms with E-state index in [1.807, 2.05) is 0 Å². The highest BCUT2D eigenvalue weighted by molar-refractivity contribution is 5.87. The number of esters is 2. The van der Waals surface area contributed by atoms with Crippen molar-refractivity contribution in [1.82, 2.24) is 4.90 Å². The number of amides is 1. The van der Waals surface area contributed by atoms with Crippen LogP contribution in [-0.2, 0) is 23.9 Å². The summed E-state index contributed by atoms with van der Waals surface area (Å²) >= 11 is 0. The second-order valence-corrected chi connectivity index (χ2v) is 10.4. The Balaban J connectivity index is 0. The zero-order chi connectivity index (χ0) is 30.4. The highest BCUT2D eigenvalue weighted by atomic mass is 16.5. The Morgan fingerprint density at radius 1 is 0.750 bits per heavy atom. The van der Waals surface area contributed by atoms with Gasteiger partial charge in [-0.15, -0.1) is 0 Å². The van der Waals surface area contributed by atoms with Crippen LogP contribution in [0.25, 0.3) is 0 Å². The Bertz CT molecular complexity index is 728. The van der Waals surface area contributed by atoms with Crippen LogP contribution in [0.5, 0.6) is 0 Å². The number of unbranched alkanes of at least 4 members (excludes halogenated alkanes) is 15. The van der Waals surface area contributed by atoms with E-state index in [2.05, 4.69) is 38.0 Å². The van der Waals surface area contributed by atoms with Gasteiger partial charge in [0, 0.05) is 24.1 Å². The molecule has 0 aromatic rings. The van der Waals surface area contributed by atoms with Gasteiger partial charge < -0.3 is 14.4 Å². The number of hydrogen-bond donors (Lipinski definition) is 0. The summed E-state index contributed by atoms with van der Waals surface area (Å²) in [6.07, 6.45) is 26.1. The Morgan fingerprint density at radius 2 is 1.18 bits per heavy atom. The van der Waals surface area contributed by atoms with Crippen molar-refractivity contribution in [2.24, 2.45) is 0 Å². The Morgan fingerprint density at radius 3 is 1.45 bits per heavy atom. The van der Waals surface area contributed by atoms with E-state index in [0.717, 1.165) is 25.6 Å². The molecular weight excluding hydrogens is 502 g/mol. The fourth-order valence-electron chi connectivity index (χ4n) is 3.98. The van der Waals surface area contributed by atoms with Crippen LogP contribution in [0.3, 0.4) is 0 Å². The van der Waals surface area contributed by atoms with Gasteiger partial charge in [-0.1, -0.05) is 130 Å². The summed E-state index contributed by atoms with van der Waals surface area (Å²) in [5.74, 6) is -0.476. The van der Waals surface area contributed by atoms with Crippen LogP contribution >= 0.6 is 0 Å². The second kappa shape index (κ2) is 29.4. The quantitative estimate of drug-likeness (QED) is 0.0604. The van der Waals surface area contributed by atoms with E-state index in [0.29, 0.717) is 24.2 Å². The molecule has 0 spiro atoms. The van der Waals surface area contributed by atoms with Crippen molar-refractivity contribution in [2.45, 2.75) is 136 Å². The van der Waals surface area contributed by atoms with Gasteiger partial charge in [0.2, 0.25) is 5.91 Å². The average molecular weight is 562 g/mol. The maximum Gasteiger partial charge on any atom is 0.337 e. The van der Waals surface area contributed by atoms with E-state index in [-0.39, 0.29) is 11.9 Å². The lowest BCUT2D eigenvalue weighted by molar-refractivity contribution is -0.139. The highest BCUT2D eigenvalue weighted by Crippen LogP contribution is 2.14. The van der Waals surface area contributed by atoms with Gasteiger partial charge in [0.25, 0.3) is 0 Å². The molecular formula is C34H59NO5. The van der Waals surface area contributed by atoms with Crippen LogP contribution in [0, 0.1) is 0 Å². The number of carbonyl (C=O) groups is 3. The fraction of sp³-hybridized carbons (Fsp3) is 0.676. The first-order chi connectivity index (χ1) is 19.2. The minimum Gasteiger partial charge on any atom is -0.462 e. The molecule has 1 saturated heterocycles. The van der Waals surface area contributed by atoms with E-state index in [4.69, 9.17) is 4.74 Å². The molecule has 40 heavy (non-hydrogen) atoms. The van der Waals surface area contributed by atoms with Gasteiger partial charge in [-0.3, -0.25) is 4.79 Å². The second-order valence-electron chi connectivity index (χ2n) is 10.4. The van der Waals surface area contributed by atoms with Crippen LogP contribution < -0.4 is 0 Å². The monoisotopic (exact) mass is 561 g/mol. The Kier molecular flexibility index (Phi) is 29.0. The van der Waals surface area contributed by atoms with E-state index < -0.39 is 5.97 Å². The summed E-state index contributed by atoms with van der Waals surface area (Å²) in [6.45, 7) is 20.6. The van der Waals surface area contributed by atoms with Crippen molar-refractivity contribution >= 4 is 17.8 Å². The maximum atomic E-state index is 11.2. The molecule has 0 unspecified atom stereocenters. The number of carbonyl (C=O) groups excluding carboxylic acids is 3. The molecule has 0 N–H and O–H groups in total. The zero-order valence-electron chi connectivity index (χ0n) is 26.1. The van der Waals surface area contributed by atoms with Gasteiger partial charge in [0.15, 0.2) is 0 Å². The van der Waals surface area contributed by atoms with Crippen LogP contribution in [0.15, 0.2) is 49.9 Å². The van der Waals surface area contributed by atoms with Gasteiger partial charge in [-0.05, 0) is 32.9 Å². The third-order valence-corrected chi connectivity index (χ3v) is 6.45. The molecule has 1 heterocycles. The summed E-state index contributed by atoms with van der Waals surface area (Å²) in [4.78, 5) is 33.8. The minimum atomic E-state index is -0.431. The van der Waals surface area contributed by atoms with Gasteiger partial charge in [-0.2, -0.15) is 0 Å². The lowest BCUT2D eigenvalue weighted by atomic mass is 10.0.